The Morgan fingerprint density at radius 1 is 0.917 bits per heavy atom. The predicted octanol–water partition coefficient (Wildman–Crippen LogP) is 4.69. The first kappa shape index (κ1) is 15.7. The molecule has 2 aromatic carbocycles. The third kappa shape index (κ3) is 3.79. The topological polar surface area (TPSA) is 54.0 Å². The second-order valence-electron chi connectivity index (χ2n) is 5.69. The average molecular weight is 317 g/mol. The zero-order valence-corrected chi connectivity index (χ0v) is 13.7. The van der Waals surface area contributed by atoms with Gasteiger partial charge in [0.2, 0.25) is 0 Å². The fourth-order valence-electron chi connectivity index (χ4n) is 2.46. The molecule has 24 heavy (non-hydrogen) atoms. The van der Waals surface area contributed by atoms with E-state index in [1.165, 1.54) is 5.56 Å². The molecule has 4 nitrogen and oxygen atoms in total. The minimum atomic E-state index is -0.231. The van der Waals surface area contributed by atoms with E-state index in [2.05, 4.69) is 41.6 Å². The van der Waals surface area contributed by atoms with Crippen molar-refractivity contribution in [1.82, 2.24) is 4.98 Å². The number of anilines is 3. The molecule has 0 unspecified atom stereocenters. The molecule has 0 aliphatic heterocycles. The van der Waals surface area contributed by atoms with Gasteiger partial charge in [-0.15, -0.1) is 0 Å². The minimum absolute atomic E-state index is 0.231. The van der Waals surface area contributed by atoms with Crippen LogP contribution in [0.15, 0.2) is 66.9 Å². The van der Waals surface area contributed by atoms with Gasteiger partial charge in [-0.25, -0.2) is 0 Å². The molecule has 0 saturated carbocycles. The van der Waals surface area contributed by atoms with Gasteiger partial charge in [0.1, 0.15) is 5.69 Å². The third-order valence-corrected chi connectivity index (χ3v) is 3.69. The van der Waals surface area contributed by atoms with Crippen LogP contribution < -0.4 is 10.6 Å². The molecule has 0 fully saturated rings. The largest absolute Gasteiger partial charge is 0.355 e. The fraction of sp³-hybridized carbons (Fsp3) is 0.100. The van der Waals surface area contributed by atoms with Crippen LogP contribution in [0.5, 0.6) is 0 Å². The van der Waals surface area contributed by atoms with Gasteiger partial charge in [-0.2, -0.15) is 0 Å². The Bertz CT molecular complexity index is 860. The molecular weight excluding hydrogens is 298 g/mol. The number of carbonyl (C=O) groups is 1. The van der Waals surface area contributed by atoms with Crippen molar-refractivity contribution in [2.24, 2.45) is 0 Å². The quantitative estimate of drug-likeness (QED) is 0.733. The van der Waals surface area contributed by atoms with Crippen molar-refractivity contribution in [3.8, 4) is 0 Å². The number of aryl methyl sites for hydroxylation is 2. The van der Waals surface area contributed by atoms with Gasteiger partial charge in [-0.05, 0) is 49.7 Å². The van der Waals surface area contributed by atoms with Crippen LogP contribution >= 0.6 is 0 Å². The van der Waals surface area contributed by atoms with E-state index in [0.29, 0.717) is 5.69 Å². The smallest absolute Gasteiger partial charge is 0.274 e. The van der Waals surface area contributed by atoms with Crippen LogP contribution in [-0.2, 0) is 0 Å². The van der Waals surface area contributed by atoms with Crippen LogP contribution in [0.25, 0.3) is 0 Å². The number of carbonyl (C=O) groups excluding carboxylic acids is 1. The highest BCUT2D eigenvalue weighted by Crippen LogP contribution is 2.21. The third-order valence-electron chi connectivity index (χ3n) is 3.69. The summed E-state index contributed by atoms with van der Waals surface area (Å²) >= 11 is 0. The second-order valence-corrected chi connectivity index (χ2v) is 5.69. The standard InChI is InChI=1S/C20H19N3O/c1-14-8-9-18(15(2)12-14)22-17-10-11-21-19(13-17)20(24)23-16-6-4-3-5-7-16/h3-13H,1-2H3,(H,21,22)(H,23,24). The normalized spacial score (nSPS) is 10.2. The lowest BCUT2D eigenvalue weighted by molar-refractivity contribution is 0.102. The summed E-state index contributed by atoms with van der Waals surface area (Å²) < 4.78 is 0. The van der Waals surface area contributed by atoms with E-state index in [-0.39, 0.29) is 5.91 Å². The Balaban J connectivity index is 1.77. The van der Waals surface area contributed by atoms with Crippen molar-refractivity contribution >= 4 is 23.0 Å². The van der Waals surface area contributed by atoms with Crippen molar-refractivity contribution in [3.05, 3.63) is 83.7 Å². The van der Waals surface area contributed by atoms with Crippen molar-refractivity contribution in [2.45, 2.75) is 13.8 Å². The number of hydrogen-bond donors (Lipinski definition) is 2. The summed E-state index contributed by atoms with van der Waals surface area (Å²) in [6.45, 7) is 4.12. The van der Waals surface area contributed by atoms with Gasteiger partial charge in [0.25, 0.3) is 5.91 Å². The van der Waals surface area contributed by atoms with E-state index in [1.807, 2.05) is 42.5 Å². The Labute approximate surface area is 141 Å². The summed E-state index contributed by atoms with van der Waals surface area (Å²) in [6, 6.07) is 19.1. The van der Waals surface area contributed by atoms with E-state index in [0.717, 1.165) is 22.6 Å². The zero-order chi connectivity index (χ0) is 16.9. The molecule has 0 radical (unpaired) electrons. The van der Waals surface area contributed by atoms with E-state index < -0.39 is 0 Å². The zero-order valence-electron chi connectivity index (χ0n) is 13.7. The molecule has 3 aromatic rings. The van der Waals surface area contributed by atoms with Crippen LogP contribution in [-0.4, -0.2) is 10.9 Å². The van der Waals surface area contributed by atoms with Gasteiger partial charge in [0.15, 0.2) is 0 Å². The molecule has 1 aromatic heterocycles. The molecule has 0 atom stereocenters. The van der Waals surface area contributed by atoms with E-state index in [1.54, 1.807) is 12.3 Å². The van der Waals surface area contributed by atoms with Crippen LogP contribution in [0.2, 0.25) is 0 Å². The Morgan fingerprint density at radius 2 is 1.71 bits per heavy atom. The Hall–Kier alpha value is -3.14. The van der Waals surface area contributed by atoms with Gasteiger partial charge in [-0.3, -0.25) is 9.78 Å². The lowest BCUT2D eigenvalue weighted by atomic mass is 10.1. The monoisotopic (exact) mass is 317 g/mol. The van der Waals surface area contributed by atoms with Crippen molar-refractivity contribution in [3.63, 3.8) is 0 Å². The van der Waals surface area contributed by atoms with Crippen molar-refractivity contribution < 1.29 is 4.79 Å². The van der Waals surface area contributed by atoms with Gasteiger partial charge >= 0.3 is 0 Å². The highest BCUT2D eigenvalue weighted by Gasteiger charge is 2.09. The Kier molecular flexibility index (Phi) is 4.57. The van der Waals surface area contributed by atoms with E-state index >= 15 is 0 Å². The molecule has 120 valence electrons. The molecule has 0 bridgehead atoms. The molecule has 0 saturated heterocycles. The minimum Gasteiger partial charge on any atom is -0.355 e. The molecule has 1 amide bonds. The highest BCUT2D eigenvalue weighted by atomic mass is 16.1. The number of benzene rings is 2. The molecule has 4 heteroatoms. The first-order chi connectivity index (χ1) is 11.6. The fourth-order valence-corrected chi connectivity index (χ4v) is 2.46. The van der Waals surface area contributed by atoms with Crippen LogP contribution in [0, 0.1) is 13.8 Å². The van der Waals surface area contributed by atoms with Crippen molar-refractivity contribution in [2.75, 3.05) is 10.6 Å². The molecule has 1 heterocycles. The van der Waals surface area contributed by atoms with E-state index in [9.17, 15) is 4.79 Å². The number of hydrogen-bond acceptors (Lipinski definition) is 3. The second kappa shape index (κ2) is 6.96. The van der Waals surface area contributed by atoms with Crippen LogP contribution in [0.4, 0.5) is 17.1 Å². The highest BCUT2D eigenvalue weighted by molar-refractivity contribution is 6.03. The van der Waals surface area contributed by atoms with Gasteiger partial charge in [0, 0.05) is 23.3 Å². The maximum absolute atomic E-state index is 12.3. The number of rotatable bonds is 4. The summed E-state index contributed by atoms with van der Waals surface area (Å²) in [5, 5.41) is 6.18. The van der Waals surface area contributed by atoms with Crippen molar-refractivity contribution in [1.29, 1.82) is 0 Å². The van der Waals surface area contributed by atoms with E-state index in [4.69, 9.17) is 0 Å². The number of para-hydroxylation sites is 1. The molecule has 0 aliphatic carbocycles. The summed E-state index contributed by atoms with van der Waals surface area (Å²) in [6.07, 6.45) is 1.63. The lowest BCUT2D eigenvalue weighted by Gasteiger charge is -2.11. The molecule has 0 aliphatic rings. The number of amides is 1. The average Bonchev–Trinajstić information content (AvgIpc) is 2.59. The molecular formula is C20H19N3O. The summed E-state index contributed by atoms with van der Waals surface area (Å²) in [5.41, 5.74) is 5.33. The summed E-state index contributed by atoms with van der Waals surface area (Å²) in [7, 11) is 0. The number of nitrogens with one attached hydrogen (secondary N) is 2. The van der Waals surface area contributed by atoms with Gasteiger partial charge < -0.3 is 10.6 Å². The summed E-state index contributed by atoms with van der Waals surface area (Å²) in [4.78, 5) is 16.5. The number of nitrogens with zero attached hydrogens (tertiary/aromatic N) is 1. The van der Waals surface area contributed by atoms with Crippen LogP contribution in [0.1, 0.15) is 21.6 Å². The maximum Gasteiger partial charge on any atom is 0.274 e. The van der Waals surface area contributed by atoms with Crippen LogP contribution in [0.3, 0.4) is 0 Å². The number of pyridine rings is 1. The number of aromatic nitrogens is 1. The summed E-state index contributed by atoms with van der Waals surface area (Å²) in [5.74, 6) is -0.231. The first-order valence-electron chi connectivity index (χ1n) is 7.78. The lowest BCUT2D eigenvalue weighted by Crippen LogP contribution is -2.13. The molecule has 2 N–H and O–H groups in total. The SMILES string of the molecule is Cc1ccc(Nc2ccnc(C(=O)Nc3ccccc3)c2)c(C)c1. The predicted molar refractivity (Wildman–Crippen MR) is 97.8 cm³/mol. The Morgan fingerprint density at radius 3 is 2.46 bits per heavy atom. The maximum atomic E-state index is 12.3. The molecule has 3 rings (SSSR count). The van der Waals surface area contributed by atoms with Gasteiger partial charge in [-0.1, -0.05) is 35.9 Å². The molecule has 0 spiro atoms. The van der Waals surface area contributed by atoms with Gasteiger partial charge in [0.05, 0.1) is 0 Å². The first-order valence-corrected chi connectivity index (χ1v) is 7.78.